The van der Waals surface area contributed by atoms with E-state index in [0.717, 1.165) is 31.6 Å². The summed E-state index contributed by atoms with van der Waals surface area (Å²) < 4.78 is 76.7. The molecule has 1 aliphatic heterocycles. The Kier molecular flexibility index (Phi) is 10.3. The number of hydrogen-bond acceptors (Lipinski definition) is 6. The second kappa shape index (κ2) is 12.7. The van der Waals surface area contributed by atoms with Crippen molar-refractivity contribution in [3.63, 3.8) is 0 Å². The third-order valence-electron chi connectivity index (χ3n) is 7.45. The summed E-state index contributed by atoms with van der Waals surface area (Å²) in [6.45, 7) is 1.93. The number of nitrogens with one attached hydrogen (secondary N) is 1. The van der Waals surface area contributed by atoms with Crippen LogP contribution in [0.4, 0.5) is 23.2 Å². The van der Waals surface area contributed by atoms with Crippen molar-refractivity contribution in [1.82, 2.24) is 5.32 Å². The van der Waals surface area contributed by atoms with E-state index in [1.807, 2.05) is 12.1 Å². The molecule has 0 radical (unpaired) electrons. The lowest BCUT2D eigenvalue weighted by atomic mass is 9.90. The maximum atomic E-state index is 14.6. The molecule has 2 aliphatic rings. The number of methoxy groups -OCH3 is 1. The first-order valence-corrected chi connectivity index (χ1v) is 14.0. The van der Waals surface area contributed by atoms with Crippen molar-refractivity contribution in [1.29, 1.82) is 0 Å². The first-order chi connectivity index (χ1) is 17.9. The molecular formula is C27H35ClF4N2O4S. The van der Waals surface area contributed by atoms with E-state index >= 15 is 0 Å². The standard InChI is InChI=1S/C27H34F4N2O4S.ClH/c1-26(6-7-26)19-5-3-4-16(9-19)12-33-21-15-38(35)14-18(25(21)34)8-17-10-20(28)24(32)22(11-17)37-23(13-36-2)27(29,30)31;/h3-5,9-11,18,21,23,25,33-34H,6-8,12-15,32H2,1-2H3;1H/t18-,21+,23-,25+,38?;/m1./s1. The van der Waals surface area contributed by atoms with Gasteiger partial charge in [-0.15, -0.1) is 12.4 Å². The van der Waals surface area contributed by atoms with Crippen molar-refractivity contribution >= 4 is 28.9 Å². The first-order valence-electron chi connectivity index (χ1n) is 12.6. The Morgan fingerprint density at radius 1 is 1.21 bits per heavy atom. The number of aliphatic hydroxyl groups excluding tert-OH is 1. The minimum Gasteiger partial charge on any atom is -0.476 e. The molecule has 6 nitrogen and oxygen atoms in total. The monoisotopic (exact) mass is 594 g/mol. The number of benzene rings is 2. The third-order valence-corrected chi connectivity index (χ3v) is 8.99. The van der Waals surface area contributed by atoms with Crippen LogP contribution in [0.2, 0.25) is 0 Å². The summed E-state index contributed by atoms with van der Waals surface area (Å²) in [4.78, 5) is 0. The summed E-state index contributed by atoms with van der Waals surface area (Å²) in [6.07, 6.45) is -5.56. The van der Waals surface area contributed by atoms with E-state index in [0.29, 0.717) is 6.54 Å². The zero-order valence-electron chi connectivity index (χ0n) is 21.8. The van der Waals surface area contributed by atoms with Gasteiger partial charge in [0.2, 0.25) is 6.10 Å². The lowest BCUT2D eigenvalue weighted by Gasteiger charge is -2.35. The van der Waals surface area contributed by atoms with Crippen LogP contribution in [0.5, 0.6) is 5.75 Å². The van der Waals surface area contributed by atoms with Crippen molar-refractivity contribution in [3.05, 3.63) is 58.9 Å². The van der Waals surface area contributed by atoms with Crippen molar-refractivity contribution in [2.24, 2.45) is 5.92 Å². The molecule has 39 heavy (non-hydrogen) atoms. The summed E-state index contributed by atoms with van der Waals surface area (Å²) in [7, 11) is -0.138. The molecular weight excluding hydrogens is 560 g/mol. The summed E-state index contributed by atoms with van der Waals surface area (Å²) in [5.74, 6) is -1.44. The lowest BCUT2D eigenvalue weighted by molar-refractivity contribution is -0.206. The normalized spacial score (nSPS) is 25.0. The van der Waals surface area contributed by atoms with Crippen LogP contribution in [0.15, 0.2) is 36.4 Å². The molecule has 1 saturated carbocycles. The van der Waals surface area contributed by atoms with Crippen molar-refractivity contribution in [2.75, 3.05) is 31.0 Å². The number of anilines is 1. The molecule has 4 rings (SSSR count). The molecule has 0 amide bonds. The van der Waals surface area contributed by atoms with Gasteiger partial charge in [0.05, 0.1) is 12.7 Å². The van der Waals surface area contributed by atoms with Crippen LogP contribution in [-0.2, 0) is 33.9 Å². The average Bonchev–Trinajstić information content (AvgIpc) is 3.61. The Morgan fingerprint density at radius 2 is 1.92 bits per heavy atom. The molecule has 1 saturated heterocycles. The van der Waals surface area contributed by atoms with Gasteiger partial charge in [-0.25, -0.2) is 4.39 Å². The van der Waals surface area contributed by atoms with Crippen LogP contribution in [0, 0.1) is 11.7 Å². The second-order valence-electron chi connectivity index (χ2n) is 10.6. The van der Waals surface area contributed by atoms with Gasteiger partial charge in [-0.1, -0.05) is 31.2 Å². The molecule has 2 fully saturated rings. The highest BCUT2D eigenvalue weighted by atomic mass is 35.5. The van der Waals surface area contributed by atoms with Crippen LogP contribution in [-0.4, -0.2) is 59.0 Å². The molecule has 2 aromatic carbocycles. The highest BCUT2D eigenvalue weighted by molar-refractivity contribution is 7.85. The smallest absolute Gasteiger partial charge is 0.427 e. The molecule has 12 heteroatoms. The number of aliphatic hydroxyl groups is 1. The van der Waals surface area contributed by atoms with Gasteiger partial charge in [0.15, 0.2) is 0 Å². The quantitative estimate of drug-likeness (QED) is 0.281. The van der Waals surface area contributed by atoms with E-state index in [9.17, 15) is 26.9 Å². The third kappa shape index (κ3) is 7.85. The Balaban J connectivity index is 0.00000420. The zero-order valence-corrected chi connectivity index (χ0v) is 23.4. The van der Waals surface area contributed by atoms with Crippen LogP contribution >= 0.6 is 12.4 Å². The minimum absolute atomic E-state index is 0. The second-order valence-corrected chi connectivity index (χ2v) is 12.1. The van der Waals surface area contributed by atoms with Crippen LogP contribution in [0.3, 0.4) is 0 Å². The van der Waals surface area contributed by atoms with Gasteiger partial charge >= 0.3 is 6.18 Å². The fraction of sp³-hybridized carbons (Fsp3) is 0.556. The van der Waals surface area contributed by atoms with Gasteiger partial charge in [0, 0.05) is 47.9 Å². The Hall–Kier alpha value is -1.92. The number of nitrogen functional groups attached to an aromatic ring is 1. The number of ether oxygens (including phenoxy) is 2. The first kappa shape index (κ1) is 31.6. The predicted octanol–water partition coefficient (Wildman–Crippen LogP) is 4.28. The van der Waals surface area contributed by atoms with E-state index in [2.05, 4.69) is 29.1 Å². The average molecular weight is 595 g/mol. The largest absolute Gasteiger partial charge is 0.476 e. The highest BCUT2D eigenvalue weighted by Crippen LogP contribution is 2.47. The molecule has 0 spiro atoms. The molecule has 0 bridgehead atoms. The van der Waals surface area contributed by atoms with Gasteiger partial charge in [0.1, 0.15) is 17.3 Å². The molecule has 4 N–H and O–H groups in total. The number of rotatable bonds is 10. The number of halogens is 5. The van der Waals surface area contributed by atoms with E-state index in [-0.39, 0.29) is 41.3 Å². The van der Waals surface area contributed by atoms with Gasteiger partial charge in [0.25, 0.3) is 0 Å². The van der Waals surface area contributed by atoms with Crippen LogP contribution in [0.1, 0.15) is 36.5 Å². The van der Waals surface area contributed by atoms with E-state index < -0.39 is 65.0 Å². The maximum Gasteiger partial charge on any atom is 0.427 e. The molecule has 1 unspecified atom stereocenters. The van der Waals surface area contributed by atoms with Gasteiger partial charge < -0.3 is 25.6 Å². The number of nitrogens with two attached hydrogens (primary N) is 1. The molecule has 2 aromatic rings. The summed E-state index contributed by atoms with van der Waals surface area (Å²) in [5.41, 5.74) is 7.98. The van der Waals surface area contributed by atoms with Gasteiger partial charge in [-0.3, -0.25) is 4.21 Å². The number of hydrogen-bond donors (Lipinski definition) is 3. The Morgan fingerprint density at radius 3 is 2.56 bits per heavy atom. The zero-order chi connectivity index (χ0) is 27.7. The molecule has 0 aromatic heterocycles. The Bertz CT molecular complexity index is 1170. The van der Waals surface area contributed by atoms with E-state index in [4.69, 9.17) is 10.5 Å². The summed E-state index contributed by atoms with van der Waals surface area (Å²) in [5, 5.41) is 14.4. The molecule has 1 heterocycles. The van der Waals surface area contributed by atoms with E-state index in [1.165, 1.54) is 11.6 Å². The van der Waals surface area contributed by atoms with Crippen LogP contribution in [0.25, 0.3) is 0 Å². The Labute approximate surface area is 234 Å². The molecule has 218 valence electrons. The van der Waals surface area contributed by atoms with Crippen molar-refractivity contribution in [2.45, 2.75) is 62.6 Å². The molecule has 5 atom stereocenters. The molecule has 1 aliphatic carbocycles. The topological polar surface area (TPSA) is 93.8 Å². The fourth-order valence-electron chi connectivity index (χ4n) is 4.84. The van der Waals surface area contributed by atoms with Crippen LogP contribution < -0.4 is 15.8 Å². The lowest BCUT2D eigenvalue weighted by Crippen LogP contribution is -2.53. The summed E-state index contributed by atoms with van der Waals surface area (Å²) in [6, 6.07) is 10.2. The van der Waals surface area contributed by atoms with Gasteiger partial charge in [-0.2, -0.15) is 13.2 Å². The fourth-order valence-corrected chi connectivity index (χ4v) is 6.48. The maximum absolute atomic E-state index is 14.6. The van der Waals surface area contributed by atoms with Gasteiger partial charge in [-0.05, 0) is 53.5 Å². The van der Waals surface area contributed by atoms with Crippen molar-refractivity contribution < 1.29 is 36.4 Å². The predicted molar refractivity (Wildman–Crippen MR) is 145 cm³/mol. The number of alkyl halides is 3. The SMILES string of the molecule is COC[C@@H](Oc1cc(C[C@@H]2CS(=O)C[C@H](NCc3cccc(C4(C)CC4)c3)[C@H]2O)cc(F)c1N)C(F)(F)F.Cl. The highest BCUT2D eigenvalue weighted by Gasteiger charge is 2.43. The summed E-state index contributed by atoms with van der Waals surface area (Å²) >= 11 is 0. The minimum atomic E-state index is -4.75. The van der Waals surface area contributed by atoms with Crippen molar-refractivity contribution in [3.8, 4) is 5.75 Å². The van der Waals surface area contributed by atoms with E-state index in [1.54, 1.807) is 0 Å².